The van der Waals surface area contributed by atoms with E-state index in [1.165, 1.54) is 16.9 Å². The average Bonchev–Trinajstić information content (AvgIpc) is 3.54. The lowest BCUT2D eigenvalue weighted by Crippen LogP contribution is -2.36. The van der Waals surface area contributed by atoms with E-state index >= 15 is 0 Å². The largest absolute Gasteiger partial charge is 0.455 e. The molecule has 0 spiro atoms. The molecule has 4 aromatic rings. The summed E-state index contributed by atoms with van der Waals surface area (Å²) in [6, 6.07) is 15.9. The van der Waals surface area contributed by atoms with E-state index in [1.807, 2.05) is 42.5 Å². The minimum Gasteiger partial charge on any atom is -0.455 e. The number of carbonyl (C=O) groups is 1. The van der Waals surface area contributed by atoms with Crippen molar-refractivity contribution in [2.75, 3.05) is 5.32 Å². The topological polar surface area (TPSA) is 111 Å². The van der Waals surface area contributed by atoms with Crippen LogP contribution in [0.1, 0.15) is 52.0 Å². The van der Waals surface area contributed by atoms with Gasteiger partial charge in [-0.2, -0.15) is 10.2 Å². The molecule has 2 aromatic carbocycles. The van der Waals surface area contributed by atoms with E-state index in [2.05, 4.69) is 15.5 Å². The van der Waals surface area contributed by atoms with E-state index in [0.29, 0.717) is 29.7 Å². The lowest BCUT2D eigenvalue weighted by Gasteiger charge is -2.21. The van der Waals surface area contributed by atoms with Gasteiger partial charge in [0.05, 0.1) is 18.3 Å². The normalized spacial score (nSPS) is 15.0. The molecule has 2 heterocycles. The van der Waals surface area contributed by atoms with Gasteiger partial charge in [0, 0.05) is 23.7 Å². The van der Waals surface area contributed by atoms with Crippen molar-refractivity contribution in [1.29, 1.82) is 0 Å². The predicted molar refractivity (Wildman–Crippen MR) is 145 cm³/mol. The Morgan fingerprint density at radius 3 is 2.68 bits per heavy atom. The van der Waals surface area contributed by atoms with Gasteiger partial charge < -0.3 is 15.2 Å². The van der Waals surface area contributed by atoms with Gasteiger partial charge in [-0.25, -0.2) is 4.68 Å². The van der Waals surface area contributed by atoms with Gasteiger partial charge in [-0.1, -0.05) is 62.1 Å². The first-order valence-corrected chi connectivity index (χ1v) is 13.1. The highest BCUT2D eigenvalue weighted by atomic mass is 16.5. The molecule has 9 nitrogen and oxygen atoms in total. The van der Waals surface area contributed by atoms with E-state index in [9.17, 15) is 14.7 Å². The molecule has 1 aliphatic carbocycles. The molecule has 1 aliphatic rings. The SMILES string of the molecule is CC(C)(O)Cn1ccc(NC(=O)C(CC2CCCC2)n2ncc(Oc3cccc4ccccc34)cc2=O)n1. The smallest absolute Gasteiger partial charge is 0.271 e. The number of ether oxygens (including phenoxy) is 1. The molecule has 0 aliphatic heterocycles. The second-order valence-electron chi connectivity index (χ2n) is 10.7. The Balaban J connectivity index is 1.38. The zero-order valence-corrected chi connectivity index (χ0v) is 21.7. The molecule has 1 atom stereocenters. The van der Waals surface area contributed by atoms with Gasteiger partial charge in [-0.15, -0.1) is 0 Å². The summed E-state index contributed by atoms with van der Waals surface area (Å²) in [7, 11) is 0. The van der Waals surface area contributed by atoms with Crippen molar-refractivity contribution in [3.8, 4) is 11.5 Å². The zero-order valence-electron chi connectivity index (χ0n) is 21.7. The third-order valence-corrected chi connectivity index (χ3v) is 6.85. The van der Waals surface area contributed by atoms with Gasteiger partial charge in [0.15, 0.2) is 11.6 Å². The summed E-state index contributed by atoms with van der Waals surface area (Å²) in [5, 5.41) is 23.6. The highest BCUT2D eigenvalue weighted by Gasteiger charge is 2.29. The van der Waals surface area contributed by atoms with Crippen molar-refractivity contribution in [1.82, 2.24) is 19.6 Å². The van der Waals surface area contributed by atoms with Gasteiger partial charge in [-0.05, 0) is 37.6 Å². The molecule has 1 amide bonds. The summed E-state index contributed by atoms with van der Waals surface area (Å²) in [4.78, 5) is 26.6. The fraction of sp³-hybridized carbons (Fsp3) is 0.379. The molecular weight excluding hydrogens is 482 g/mol. The minimum absolute atomic E-state index is 0.285. The number of benzene rings is 2. The molecule has 0 saturated heterocycles. The van der Waals surface area contributed by atoms with Gasteiger partial charge in [0.1, 0.15) is 11.8 Å². The summed E-state index contributed by atoms with van der Waals surface area (Å²) in [5.41, 5.74) is -1.35. The van der Waals surface area contributed by atoms with Crippen LogP contribution in [0, 0.1) is 5.92 Å². The number of nitrogens with zero attached hydrogens (tertiary/aromatic N) is 4. The van der Waals surface area contributed by atoms with Crippen molar-refractivity contribution in [3.63, 3.8) is 0 Å². The van der Waals surface area contributed by atoms with Gasteiger partial charge in [0.2, 0.25) is 0 Å². The third kappa shape index (κ3) is 6.11. The molecule has 1 unspecified atom stereocenters. The summed E-state index contributed by atoms with van der Waals surface area (Å²) in [5.74, 6) is 1.30. The maximum absolute atomic E-state index is 13.4. The average molecular weight is 516 g/mol. The molecule has 5 rings (SSSR count). The third-order valence-electron chi connectivity index (χ3n) is 6.85. The van der Waals surface area contributed by atoms with Crippen molar-refractivity contribution in [2.45, 2.75) is 64.1 Å². The molecular formula is C29H33N5O4. The van der Waals surface area contributed by atoms with Crippen LogP contribution >= 0.6 is 0 Å². The Kier molecular flexibility index (Phi) is 7.28. The number of aliphatic hydroxyl groups is 1. The molecule has 1 saturated carbocycles. The number of fused-ring (bicyclic) bond motifs is 1. The number of anilines is 1. The van der Waals surface area contributed by atoms with Crippen molar-refractivity contribution in [2.24, 2.45) is 5.92 Å². The standard InChI is InChI=1S/C29H33N5O4/c1-29(2,37)19-33-15-14-26(32-33)31-28(36)24(16-20-8-3-4-9-20)34-27(35)17-22(18-30-34)38-25-13-7-11-21-10-5-6-12-23(21)25/h5-7,10-15,17-18,20,24,37H,3-4,8-9,16,19H2,1-2H3,(H,31,32,36). The highest BCUT2D eigenvalue weighted by Crippen LogP contribution is 2.33. The second-order valence-corrected chi connectivity index (χ2v) is 10.7. The van der Waals surface area contributed by atoms with Crippen LogP contribution in [0.5, 0.6) is 11.5 Å². The van der Waals surface area contributed by atoms with Gasteiger partial charge >= 0.3 is 0 Å². The van der Waals surface area contributed by atoms with E-state index in [0.717, 1.165) is 36.5 Å². The number of carbonyl (C=O) groups excluding carboxylic acids is 1. The molecule has 198 valence electrons. The lowest BCUT2D eigenvalue weighted by atomic mass is 9.98. The van der Waals surface area contributed by atoms with Crippen molar-refractivity contribution < 1.29 is 14.6 Å². The zero-order chi connectivity index (χ0) is 26.7. The number of hydrogen-bond donors (Lipinski definition) is 2. The maximum atomic E-state index is 13.4. The Morgan fingerprint density at radius 1 is 1.16 bits per heavy atom. The van der Waals surface area contributed by atoms with Crippen LogP contribution in [-0.2, 0) is 11.3 Å². The van der Waals surface area contributed by atoms with E-state index < -0.39 is 17.2 Å². The van der Waals surface area contributed by atoms with Crippen LogP contribution in [0.15, 0.2) is 71.8 Å². The number of hydrogen-bond acceptors (Lipinski definition) is 6. The van der Waals surface area contributed by atoms with Crippen LogP contribution in [0.4, 0.5) is 5.82 Å². The number of nitrogens with one attached hydrogen (secondary N) is 1. The Morgan fingerprint density at radius 2 is 1.92 bits per heavy atom. The monoisotopic (exact) mass is 515 g/mol. The second kappa shape index (κ2) is 10.8. The number of aromatic nitrogens is 4. The fourth-order valence-electron chi connectivity index (χ4n) is 5.10. The van der Waals surface area contributed by atoms with Crippen molar-refractivity contribution in [3.05, 3.63) is 77.3 Å². The molecule has 9 heteroatoms. The van der Waals surface area contributed by atoms with Gasteiger partial charge in [-0.3, -0.25) is 14.3 Å². The Hall–Kier alpha value is -3.98. The van der Waals surface area contributed by atoms with Gasteiger partial charge in [0.25, 0.3) is 11.5 Å². The molecule has 1 fully saturated rings. The van der Waals surface area contributed by atoms with Crippen LogP contribution < -0.4 is 15.6 Å². The van der Waals surface area contributed by atoms with Crippen LogP contribution in [0.3, 0.4) is 0 Å². The van der Waals surface area contributed by atoms with E-state index in [4.69, 9.17) is 4.74 Å². The molecule has 2 N–H and O–H groups in total. The summed E-state index contributed by atoms with van der Waals surface area (Å²) < 4.78 is 8.85. The molecule has 38 heavy (non-hydrogen) atoms. The minimum atomic E-state index is -0.939. The first-order chi connectivity index (χ1) is 18.2. The number of amides is 1. The lowest BCUT2D eigenvalue weighted by molar-refractivity contribution is -0.120. The van der Waals surface area contributed by atoms with E-state index in [1.54, 1.807) is 30.8 Å². The predicted octanol–water partition coefficient (Wildman–Crippen LogP) is 4.92. The first-order valence-electron chi connectivity index (χ1n) is 13.1. The first kappa shape index (κ1) is 25.7. The molecule has 0 radical (unpaired) electrons. The molecule has 2 aromatic heterocycles. The van der Waals surface area contributed by atoms with Crippen LogP contribution in [0.25, 0.3) is 10.8 Å². The fourth-order valence-corrected chi connectivity index (χ4v) is 5.10. The summed E-state index contributed by atoms with van der Waals surface area (Å²) in [6.07, 6.45) is 8.01. The molecule has 0 bridgehead atoms. The maximum Gasteiger partial charge on any atom is 0.271 e. The Labute approximate surface area is 221 Å². The van der Waals surface area contributed by atoms with Crippen molar-refractivity contribution >= 4 is 22.5 Å². The quantitative estimate of drug-likeness (QED) is 0.327. The highest BCUT2D eigenvalue weighted by molar-refractivity contribution is 5.92. The van der Waals surface area contributed by atoms with Crippen LogP contribution in [-0.4, -0.2) is 36.2 Å². The van der Waals surface area contributed by atoms with Crippen LogP contribution in [0.2, 0.25) is 0 Å². The van der Waals surface area contributed by atoms with E-state index in [-0.39, 0.29) is 12.5 Å². The summed E-state index contributed by atoms with van der Waals surface area (Å²) in [6.45, 7) is 3.67. The number of rotatable bonds is 9. The summed E-state index contributed by atoms with van der Waals surface area (Å²) >= 11 is 0. The Bertz CT molecular complexity index is 1470.